The van der Waals surface area contributed by atoms with E-state index in [0.717, 1.165) is 12.0 Å². The van der Waals surface area contributed by atoms with E-state index in [-0.39, 0.29) is 11.9 Å². The molecule has 2 N–H and O–H groups in total. The third-order valence-corrected chi connectivity index (χ3v) is 3.62. The number of rotatable bonds is 5. The molecule has 1 unspecified atom stereocenters. The molecule has 0 aliphatic heterocycles. The second-order valence-corrected chi connectivity index (χ2v) is 5.57. The van der Waals surface area contributed by atoms with E-state index < -0.39 is 0 Å². The Balaban J connectivity index is 2.28. The quantitative estimate of drug-likeness (QED) is 0.856. The Kier molecular flexibility index (Phi) is 5.21. The highest BCUT2D eigenvalue weighted by Crippen LogP contribution is 2.29. The Labute approximate surface area is 129 Å². The Morgan fingerprint density at radius 2 is 2.00 bits per heavy atom. The minimum Gasteiger partial charge on any atom is -0.457 e. The Morgan fingerprint density at radius 1 is 1.24 bits per heavy atom. The highest BCUT2D eigenvalue weighted by atomic mass is 35.5. The summed E-state index contributed by atoms with van der Waals surface area (Å²) in [5.74, 6) is 1.06. The van der Waals surface area contributed by atoms with E-state index in [1.165, 1.54) is 6.07 Å². The van der Waals surface area contributed by atoms with Crippen molar-refractivity contribution in [1.29, 1.82) is 0 Å². The highest BCUT2D eigenvalue weighted by Gasteiger charge is 2.10. The number of aryl methyl sites for hydroxylation is 1. The first-order valence-corrected chi connectivity index (χ1v) is 7.35. The average Bonchev–Trinajstić information content (AvgIpc) is 2.45. The summed E-state index contributed by atoms with van der Waals surface area (Å²) < 4.78 is 19.2. The predicted octanol–water partition coefficient (Wildman–Crippen LogP) is 4.86. The molecule has 2 aromatic carbocycles. The second-order valence-electron chi connectivity index (χ2n) is 5.14. The third-order valence-electron chi connectivity index (χ3n) is 3.39. The van der Waals surface area contributed by atoms with Gasteiger partial charge in [-0.3, -0.25) is 0 Å². The fourth-order valence-corrected chi connectivity index (χ4v) is 2.24. The van der Waals surface area contributed by atoms with Crippen molar-refractivity contribution >= 4 is 11.6 Å². The van der Waals surface area contributed by atoms with Gasteiger partial charge in [-0.25, -0.2) is 4.39 Å². The first kappa shape index (κ1) is 15.8. The molecule has 0 saturated heterocycles. The summed E-state index contributed by atoms with van der Waals surface area (Å²) in [6.45, 7) is 3.75. The molecule has 0 aliphatic rings. The summed E-state index contributed by atoms with van der Waals surface area (Å²) in [6, 6.07) is 10.2. The molecule has 0 fully saturated rings. The van der Waals surface area contributed by atoms with Crippen molar-refractivity contribution in [1.82, 2.24) is 0 Å². The maximum atomic E-state index is 13.3. The van der Waals surface area contributed by atoms with Crippen molar-refractivity contribution in [3.63, 3.8) is 0 Å². The lowest BCUT2D eigenvalue weighted by molar-refractivity contribution is 0.469. The molecule has 0 amide bonds. The van der Waals surface area contributed by atoms with Gasteiger partial charge in [0.25, 0.3) is 0 Å². The van der Waals surface area contributed by atoms with Crippen LogP contribution in [0.4, 0.5) is 4.39 Å². The van der Waals surface area contributed by atoms with Gasteiger partial charge in [-0.05, 0) is 67.3 Å². The van der Waals surface area contributed by atoms with Crippen molar-refractivity contribution in [3.8, 4) is 11.5 Å². The topological polar surface area (TPSA) is 35.2 Å². The SMILES string of the molecule is CCC(N)Cc1cc(Cl)ccc1Oc1ccc(F)c(C)c1. The van der Waals surface area contributed by atoms with Crippen LogP contribution in [0, 0.1) is 12.7 Å². The molecule has 21 heavy (non-hydrogen) atoms. The van der Waals surface area contributed by atoms with Crippen LogP contribution in [0.2, 0.25) is 5.02 Å². The normalized spacial score (nSPS) is 12.2. The van der Waals surface area contributed by atoms with Gasteiger partial charge < -0.3 is 10.5 Å². The van der Waals surface area contributed by atoms with Gasteiger partial charge in [0.2, 0.25) is 0 Å². The summed E-state index contributed by atoms with van der Waals surface area (Å²) in [4.78, 5) is 0. The van der Waals surface area contributed by atoms with Crippen LogP contribution in [0.15, 0.2) is 36.4 Å². The minimum absolute atomic E-state index is 0.0563. The summed E-state index contributed by atoms with van der Waals surface area (Å²) in [6.07, 6.45) is 1.56. The standard InChI is InChI=1S/C17H19ClFNO/c1-3-14(20)10-12-9-13(18)4-7-17(12)21-15-5-6-16(19)11(2)8-15/h4-9,14H,3,10,20H2,1-2H3. The van der Waals surface area contributed by atoms with Crippen molar-refractivity contribution in [2.24, 2.45) is 5.73 Å². The Bertz CT molecular complexity index is 630. The summed E-state index contributed by atoms with van der Waals surface area (Å²) in [5, 5.41) is 0.649. The van der Waals surface area contributed by atoms with Crippen molar-refractivity contribution in [3.05, 3.63) is 58.4 Å². The van der Waals surface area contributed by atoms with E-state index >= 15 is 0 Å². The van der Waals surface area contributed by atoms with Gasteiger partial charge in [0.05, 0.1) is 0 Å². The molecule has 4 heteroatoms. The first-order chi connectivity index (χ1) is 9.99. The van der Waals surface area contributed by atoms with Gasteiger partial charge in [-0.1, -0.05) is 18.5 Å². The molecule has 0 spiro atoms. The van der Waals surface area contributed by atoms with E-state index in [4.69, 9.17) is 22.1 Å². The van der Waals surface area contributed by atoms with Crippen molar-refractivity contribution in [2.45, 2.75) is 32.7 Å². The van der Waals surface area contributed by atoms with E-state index in [9.17, 15) is 4.39 Å². The van der Waals surface area contributed by atoms with Crippen molar-refractivity contribution < 1.29 is 9.13 Å². The van der Waals surface area contributed by atoms with E-state index in [2.05, 4.69) is 0 Å². The lowest BCUT2D eigenvalue weighted by atomic mass is 10.0. The van der Waals surface area contributed by atoms with Gasteiger partial charge in [-0.15, -0.1) is 0 Å². The molecule has 0 heterocycles. The average molecular weight is 308 g/mol. The van der Waals surface area contributed by atoms with Gasteiger partial charge in [0, 0.05) is 11.1 Å². The fourth-order valence-electron chi connectivity index (χ4n) is 2.04. The van der Waals surface area contributed by atoms with Crippen LogP contribution in [0.1, 0.15) is 24.5 Å². The predicted molar refractivity (Wildman–Crippen MR) is 84.6 cm³/mol. The molecule has 112 valence electrons. The summed E-state index contributed by atoms with van der Waals surface area (Å²) in [7, 11) is 0. The van der Waals surface area contributed by atoms with Crippen LogP contribution < -0.4 is 10.5 Å². The maximum Gasteiger partial charge on any atom is 0.130 e. The first-order valence-electron chi connectivity index (χ1n) is 6.97. The van der Waals surface area contributed by atoms with Gasteiger partial charge in [-0.2, -0.15) is 0 Å². The third kappa shape index (κ3) is 4.19. The molecular weight excluding hydrogens is 289 g/mol. The van der Waals surface area contributed by atoms with Crippen LogP contribution >= 0.6 is 11.6 Å². The second kappa shape index (κ2) is 6.92. The molecule has 1 atom stereocenters. The molecular formula is C17H19ClFNO. The van der Waals surface area contributed by atoms with Gasteiger partial charge in [0.1, 0.15) is 17.3 Å². The van der Waals surface area contributed by atoms with Crippen LogP contribution in [0.3, 0.4) is 0 Å². The van der Waals surface area contributed by atoms with E-state index in [1.807, 2.05) is 19.1 Å². The monoisotopic (exact) mass is 307 g/mol. The lowest BCUT2D eigenvalue weighted by Gasteiger charge is -2.15. The number of nitrogens with two attached hydrogens (primary N) is 1. The van der Waals surface area contributed by atoms with Gasteiger partial charge >= 0.3 is 0 Å². The summed E-state index contributed by atoms with van der Waals surface area (Å²) >= 11 is 6.05. The highest BCUT2D eigenvalue weighted by molar-refractivity contribution is 6.30. The van der Waals surface area contributed by atoms with Crippen LogP contribution in [0.25, 0.3) is 0 Å². The summed E-state index contributed by atoms with van der Waals surface area (Å²) in [5.41, 5.74) is 7.52. The number of ether oxygens (including phenoxy) is 1. The largest absolute Gasteiger partial charge is 0.457 e. The number of hydrogen-bond acceptors (Lipinski definition) is 2. The molecule has 0 radical (unpaired) electrons. The van der Waals surface area contributed by atoms with Crippen LogP contribution in [-0.4, -0.2) is 6.04 Å². The molecule has 0 aliphatic carbocycles. The molecule has 2 nitrogen and oxygen atoms in total. The smallest absolute Gasteiger partial charge is 0.130 e. The minimum atomic E-state index is -0.244. The molecule has 0 aromatic heterocycles. The number of hydrogen-bond donors (Lipinski definition) is 1. The molecule has 0 saturated carbocycles. The zero-order chi connectivity index (χ0) is 15.4. The zero-order valence-electron chi connectivity index (χ0n) is 12.2. The molecule has 2 aromatic rings. The lowest BCUT2D eigenvalue weighted by Crippen LogP contribution is -2.21. The van der Waals surface area contributed by atoms with Crippen molar-refractivity contribution in [2.75, 3.05) is 0 Å². The zero-order valence-corrected chi connectivity index (χ0v) is 13.0. The maximum absolute atomic E-state index is 13.3. The molecule has 2 rings (SSSR count). The van der Waals surface area contributed by atoms with Crippen LogP contribution in [-0.2, 0) is 6.42 Å². The fraction of sp³-hybridized carbons (Fsp3) is 0.294. The van der Waals surface area contributed by atoms with Crippen LogP contribution in [0.5, 0.6) is 11.5 Å². The van der Waals surface area contributed by atoms with E-state index in [1.54, 1.807) is 25.1 Å². The number of halogens is 2. The Morgan fingerprint density at radius 3 is 2.67 bits per heavy atom. The molecule has 0 bridgehead atoms. The van der Waals surface area contributed by atoms with E-state index in [0.29, 0.717) is 28.5 Å². The van der Waals surface area contributed by atoms with Gasteiger partial charge in [0.15, 0.2) is 0 Å². The number of benzene rings is 2. The Hall–Kier alpha value is -1.58.